The molecule has 1 saturated heterocycles. The number of anilines is 2. The van der Waals surface area contributed by atoms with Crippen LogP contribution in [0.4, 0.5) is 11.6 Å². The molecule has 2 aromatic rings. The van der Waals surface area contributed by atoms with Gasteiger partial charge >= 0.3 is 0 Å². The van der Waals surface area contributed by atoms with E-state index in [-0.39, 0.29) is 0 Å². The lowest BCUT2D eigenvalue weighted by molar-refractivity contribution is 0.521. The van der Waals surface area contributed by atoms with Gasteiger partial charge in [0, 0.05) is 31.5 Å². The highest BCUT2D eigenvalue weighted by atomic mass is 79.9. The van der Waals surface area contributed by atoms with Crippen molar-refractivity contribution in [2.24, 2.45) is 0 Å². The van der Waals surface area contributed by atoms with Crippen LogP contribution in [-0.4, -0.2) is 34.3 Å². The Kier molecular flexibility index (Phi) is 4.34. The smallest absolute Gasteiger partial charge is 0.148 e. The highest BCUT2D eigenvalue weighted by Gasteiger charge is 2.21. The van der Waals surface area contributed by atoms with Gasteiger partial charge in [-0.05, 0) is 59.5 Å². The molecule has 1 aliphatic heterocycles. The third-order valence-electron chi connectivity index (χ3n) is 3.68. The molecule has 0 bridgehead atoms. The standard InChI is InChI=1S/C15H18BrN5/c1-11-9-13(16)15(17-10-11)21-7-4-12(5-8-21)19-14-3-2-6-18-20-14/h2-3,6,9-10,12H,4-5,7-8H2,1H3,(H,19,20). The summed E-state index contributed by atoms with van der Waals surface area (Å²) in [5, 5.41) is 11.4. The molecule has 0 saturated carbocycles. The number of hydrogen-bond donors (Lipinski definition) is 1. The molecule has 0 aliphatic carbocycles. The van der Waals surface area contributed by atoms with Crippen LogP contribution in [0.15, 0.2) is 35.1 Å². The molecule has 110 valence electrons. The van der Waals surface area contributed by atoms with Crippen molar-refractivity contribution in [3.8, 4) is 0 Å². The van der Waals surface area contributed by atoms with Crippen molar-refractivity contribution in [1.82, 2.24) is 15.2 Å². The summed E-state index contributed by atoms with van der Waals surface area (Å²) < 4.78 is 1.07. The van der Waals surface area contributed by atoms with Crippen molar-refractivity contribution in [3.63, 3.8) is 0 Å². The number of piperidine rings is 1. The monoisotopic (exact) mass is 347 g/mol. The first kappa shape index (κ1) is 14.3. The van der Waals surface area contributed by atoms with E-state index < -0.39 is 0 Å². The normalized spacial score (nSPS) is 16.0. The Morgan fingerprint density at radius 3 is 2.81 bits per heavy atom. The minimum atomic E-state index is 0.446. The van der Waals surface area contributed by atoms with Crippen LogP contribution in [0.3, 0.4) is 0 Å². The van der Waals surface area contributed by atoms with Crippen molar-refractivity contribution in [2.45, 2.75) is 25.8 Å². The maximum absolute atomic E-state index is 4.55. The van der Waals surface area contributed by atoms with Crippen LogP contribution < -0.4 is 10.2 Å². The largest absolute Gasteiger partial charge is 0.366 e. The Bertz CT molecular complexity index is 596. The Balaban J connectivity index is 1.60. The van der Waals surface area contributed by atoms with Gasteiger partial charge in [0.25, 0.3) is 0 Å². The molecule has 3 rings (SSSR count). The van der Waals surface area contributed by atoms with Gasteiger partial charge in [0.1, 0.15) is 11.6 Å². The summed E-state index contributed by atoms with van der Waals surface area (Å²) >= 11 is 3.61. The molecule has 0 spiro atoms. The fourth-order valence-corrected chi connectivity index (χ4v) is 3.30. The molecular formula is C15H18BrN5. The average Bonchev–Trinajstić information content (AvgIpc) is 2.49. The molecule has 0 amide bonds. The summed E-state index contributed by atoms with van der Waals surface area (Å²) in [6.45, 7) is 4.04. The summed E-state index contributed by atoms with van der Waals surface area (Å²) in [7, 11) is 0. The van der Waals surface area contributed by atoms with Gasteiger partial charge in [0.15, 0.2) is 0 Å². The maximum Gasteiger partial charge on any atom is 0.148 e. The lowest BCUT2D eigenvalue weighted by Gasteiger charge is -2.33. The number of halogens is 1. The minimum absolute atomic E-state index is 0.446. The SMILES string of the molecule is Cc1cnc(N2CCC(Nc3cccnn3)CC2)c(Br)c1. The molecule has 0 radical (unpaired) electrons. The van der Waals surface area contributed by atoms with Crippen LogP contribution in [0.5, 0.6) is 0 Å². The second kappa shape index (κ2) is 6.39. The molecule has 2 aromatic heterocycles. The van der Waals surface area contributed by atoms with Gasteiger partial charge in [0.2, 0.25) is 0 Å². The van der Waals surface area contributed by atoms with Crippen LogP contribution in [0.25, 0.3) is 0 Å². The first-order valence-electron chi connectivity index (χ1n) is 7.14. The highest BCUT2D eigenvalue weighted by Crippen LogP contribution is 2.27. The molecule has 0 atom stereocenters. The Morgan fingerprint density at radius 1 is 1.33 bits per heavy atom. The van der Waals surface area contributed by atoms with E-state index in [1.807, 2.05) is 18.3 Å². The Hall–Kier alpha value is -1.69. The average molecular weight is 348 g/mol. The lowest BCUT2D eigenvalue weighted by atomic mass is 10.0. The van der Waals surface area contributed by atoms with E-state index in [1.54, 1.807) is 6.20 Å². The molecule has 3 heterocycles. The summed E-state index contributed by atoms with van der Waals surface area (Å²) in [5.74, 6) is 1.89. The van der Waals surface area contributed by atoms with Crippen LogP contribution >= 0.6 is 15.9 Å². The number of pyridine rings is 1. The summed E-state index contributed by atoms with van der Waals surface area (Å²) in [6, 6.07) is 6.42. The molecule has 5 nitrogen and oxygen atoms in total. The number of aromatic nitrogens is 3. The van der Waals surface area contributed by atoms with Gasteiger partial charge in [-0.1, -0.05) is 0 Å². The van der Waals surface area contributed by atoms with Gasteiger partial charge in [-0.15, -0.1) is 5.10 Å². The minimum Gasteiger partial charge on any atom is -0.366 e. The van der Waals surface area contributed by atoms with Crippen molar-refractivity contribution in [1.29, 1.82) is 0 Å². The van der Waals surface area contributed by atoms with Crippen molar-refractivity contribution < 1.29 is 0 Å². The second-order valence-corrected chi connectivity index (χ2v) is 6.19. The third-order valence-corrected chi connectivity index (χ3v) is 4.26. The zero-order valence-electron chi connectivity index (χ0n) is 12.0. The van der Waals surface area contributed by atoms with Gasteiger partial charge in [-0.2, -0.15) is 5.10 Å². The molecule has 1 fully saturated rings. The van der Waals surface area contributed by atoms with E-state index in [9.17, 15) is 0 Å². The topological polar surface area (TPSA) is 53.9 Å². The summed E-state index contributed by atoms with van der Waals surface area (Å²) in [6.07, 6.45) is 5.75. The number of aryl methyl sites for hydroxylation is 1. The predicted octanol–water partition coefficient (Wildman–Crippen LogP) is 3.02. The predicted molar refractivity (Wildman–Crippen MR) is 87.6 cm³/mol. The van der Waals surface area contributed by atoms with E-state index in [1.165, 1.54) is 5.56 Å². The van der Waals surface area contributed by atoms with Gasteiger partial charge < -0.3 is 10.2 Å². The first-order chi connectivity index (χ1) is 10.2. The van der Waals surface area contributed by atoms with Gasteiger partial charge in [0.05, 0.1) is 4.47 Å². The van der Waals surface area contributed by atoms with Crippen molar-refractivity contribution >= 4 is 27.6 Å². The van der Waals surface area contributed by atoms with E-state index >= 15 is 0 Å². The number of rotatable bonds is 3. The zero-order chi connectivity index (χ0) is 14.7. The third kappa shape index (κ3) is 3.50. The fourth-order valence-electron chi connectivity index (χ4n) is 2.58. The van der Waals surface area contributed by atoms with Crippen molar-refractivity contribution in [3.05, 3.63) is 40.6 Å². The second-order valence-electron chi connectivity index (χ2n) is 5.33. The summed E-state index contributed by atoms with van der Waals surface area (Å²) in [4.78, 5) is 6.88. The van der Waals surface area contributed by atoms with Crippen LogP contribution in [0.2, 0.25) is 0 Å². The van der Waals surface area contributed by atoms with Crippen LogP contribution in [0, 0.1) is 6.92 Å². The Labute approximate surface area is 132 Å². The lowest BCUT2D eigenvalue weighted by Crippen LogP contribution is -2.39. The molecule has 21 heavy (non-hydrogen) atoms. The highest BCUT2D eigenvalue weighted by molar-refractivity contribution is 9.10. The molecule has 1 N–H and O–H groups in total. The van der Waals surface area contributed by atoms with Crippen LogP contribution in [0.1, 0.15) is 18.4 Å². The van der Waals surface area contributed by atoms with Crippen molar-refractivity contribution in [2.75, 3.05) is 23.3 Å². The first-order valence-corrected chi connectivity index (χ1v) is 7.93. The molecule has 0 unspecified atom stereocenters. The van der Waals surface area contributed by atoms with E-state index in [0.29, 0.717) is 6.04 Å². The molecule has 6 heteroatoms. The van der Waals surface area contributed by atoms with Gasteiger partial charge in [-0.3, -0.25) is 0 Å². The molecule has 0 aromatic carbocycles. The molecular weight excluding hydrogens is 330 g/mol. The number of nitrogens with one attached hydrogen (secondary N) is 1. The van der Waals surface area contributed by atoms with E-state index in [4.69, 9.17) is 0 Å². The molecule has 1 aliphatic rings. The quantitative estimate of drug-likeness (QED) is 0.924. The summed E-state index contributed by atoms with van der Waals surface area (Å²) in [5.41, 5.74) is 1.17. The fraction of sp³-hybridized carbons (Fsp3) is 0.400. The number of hydrogen-bond acceptors (Lipinski definition) is 5. The van der Waals surface area contributed by atoms with E-state index in [2.05, 4.69) is 54.3 Å². The van der Waals surface area contributed by atoms with Crippen LogP contribution in [-0.2, 0) is 0 Å². The number of nitrogens with zero attached hydrogens (tertiary/aromatic N) is 4. The Morgan fingerprint density at radius 2 is 2.14 bits per heavy atom. The zero-order valence-corrected chi connectivity index (χ0v) is 13.5. The maximum atomic E-state index is 4.55. The van der Waals surface area contributed by atoms with Gasteiger partial charge in [-0.25, -0.2) is 4.98 Å². The van der Waals surface area contributed by atoms with E-state index in [0.717, 1.165) is 42.0 Å².